The molecule has 1 aromatic rings. The van der Waals surface area contributed by atoms with Crippen molar-refractivity contribution in [3.63, 3.8) is 0 Å². The summed E-state index contributed by atoms with van der Waals surface area (Å²) in [5.41, 5.74) is 5.18. The first kappa shape index (κ1) is 14.5. The molecule has 1 aliphatic rings. The van der Waals surface area contributed by atoms with Crippen LogP contribution in [-0.2, 0) is 14.8 Å². The number of carboxylic acids is 1. The average Bonchev–Trinajstić information content (AvgIpc) is 2.89. The fourth-order valence-electron chi connectivity index (χ4n) is 2.08. The molecule has 110 valence electrons. The Bertz CT molecular complexity index is 627. The Labute approximate surface area is 115 Å². The van der Waals surface area contributed by atoms with Gasteiger partial charge in [-0.2, -0.15) is 4.31 Å². The number of carbonyl (C=O) groups is 2. The van der Waals surface area contributed by atoms with E-state index in [1.807, 2.05) is 0 Å². The number of carbonyl (C=O) groups excluding carboxylic acids is 1. The highest BCUT2D eigenvalue weighted by Gasteiger charge is 2.33. The van der Waals surface area contributed by atoms with E-state index in [1.54, 1.807) is 0 Å². The first-order valence-corrected chi connectivity index (χ1v) is 7.39. The first-order chi connectivity index (χ1) is 9.32. The Morgan fingerprint density at radius 2 is 1.90 bits per heavy atom. The Morgan fingerprint density at radius 1 is 1.30 bits per heavy atom. The first-order valence-electron chi connectivity index (χ1n) is 5.95. The summed E-state index contributed by atoms with van der Waals surface area (Å²) in [7, 11) is -3.87. The van der Waals surface area contributed by atoms with Gasteiger partial charge in [0.1, 0.15) is 0 Å². The summed E-state index contributed by atoms with van der Waals surface area (Å²) in [4.78, 5) is 21.7. The molecule has 0 unspecified atom stereocenters. The van der Waals surface area contributed by atoms with E-state index in [-0.39, 0.29) is 19.0 Å². The Kier molecular flexibility index (Phi) is 3.82. The molecule has 1 aliphatic heterocycles. The number of amides is 1. The number of rotatable bonds is 4. The molecule has 0 saturated carbocycles. The summed E-state index contributed by atoms with van der Waals surface area (Å²) < 4.78 is 30.4. The van der Waals surface area contributed by atoms with Crippen LogP contribution in [0.15, 0.2) is 21.6 Å². The third-order valence-corrected chi connectivity index (χ3v) is 5.02. The minimum absolute atomic E-state index is 0.152. The lowest BCUT2D eigenvalue weighted by Gasteiger charge is -2.28. The smallest absolute Gasteiger partial charge is 0.371 e. The van der Waals surface area contributed by atoms with E-state index in [4.69, 9.17) is 15.3 Å². The Hall–Kier alpha value is -1.87. The fraction of sp³-hybridized carbons (Fsp3) is 0.455. The predicted molar refractivity (Wildman–Crippen MR) is 66.3 cm³/mol. The minimum Gasteiger partial charge on any atom is -0.475 e. The van der Waals surface area contributed by atoms with Crippen LogP contribution in [0, 0.1) is 5.92 Å². The standard InChI is InChI=1S/C11H14N2O6S/c12-10(14)7-3-5-13(6-4-7)20(17,18)9-2-1-8(19-9)11(15)16/h1-2,7H,3-6H2,(H2,12,14)(H,15,16). The van der Waals surface area contributed by atoms with Crippen LogP contribution in [0.5, 0.6) is 0 Å². The number of nitrogens with two attached hydrogens (primary N) is 1. The van der Waals surface area contributed by atoms with Crippen LogP contribution in [0.1, 0.15) is 23.4 Å². The topological polar surface area (TPSA) is 131 Å². The van der Waals surface area contributed by atoms with Crippen molar-refractivity contribution in [2.45, 2.75) is 17.9 Å². The van der Waals surface area contributed by atoms with Crippen molar-refractivity contribution in [1.82, 2.24) is 4.31 Å². The lowest BCUT2D eigenvalue weighted by Crippen LogP contribution is -2.41. The molecule has 0 atom stereocenters. The molecule has 8 nitrogen and oxygen atoms in total. The number of hydrogen-bond donors (Lipinski definition) is 2. The molecule has 1 aromatic heterocycles. The van der Waals surface area contributed by atoms with Crippen molar-refractivity contribution in [3.8, 4) is 0 Å². The van der Waals surface area contributed by atoms with E-state index in [2.05, 4.69) is 0 Å². The van der Waals surface area contributed by atoms with E-state index in [0.29, 0.717) is 12.8 Å². The highest BCUT2D eigenvalue weighted by atomic mass is 32.2. The van der Waals surface area contributed by atoms with Crippen LogP contribution in [0.25, 0.3) is 0 Å². The minimum atomic E-state index is -3.87. The molecular weight excluding hydrogens is 288 g/mol. The summed E-state index contributed by atoms with van der Waals surface area (Å²) in [5.74, 6) is -2.53. The second-order valence-corrected chi connectivity index (χ2v) is 6.37. The van der Waals surface area contributed by atoms with E-state index in [9.17, 15) is 18.0 Å². The van der Waals surface area contributed by atoms with Gasteiger partial charge in [-0.25, -0.2) is 13.2 Å². The molecule has 9 heteroatoms. The van der Waals surface area contributed by atoms with Gasteiger partial charge < -0.3 is 15.3 Å². The highest BCUT2D eigenvalue weighted by Crippen LogP contribution is 2.24. The number of aromatic carboxylic acids is 1. The quantitative estimate of drug-likeness (QED) is 0.796. The maximum Gasteiger partial charge on any atom is 0.371 e. The van der Waals surface area contributed by atoms with Gasteiger partial charge in [-0.3, -0.25) is 4.79 Å². The lowest BCUT2D eigenvalue weighted by atomic mass is 9.98. The molecule has 0 spiro atoms. The number of furan rings is 1. The number of primary amides is 1. The summed E-state index contributed by atoms with van der Waals surface area (Å²) in [5, 5.41) is 8.31. The largest absolute Gasteiger partial charge is 0.475 e. The summed E-state index contributed by atoms with van der Waals surface area (Å²) in [6, 6.07) is 2.20. The van der Waals surface area contributed by atoms with E-state index in [1.165, 1.54) is 0 Å². The highest BCUT2D eigenvalue weighted by molar-refractivity contribution is 7.89. The van der Waals surface area contributed by atoms with Gasteiger partial charge in [0.25, 0.3) is 10.0 Å². The molecule has 0 radical (unpaired) electrons. The fourth-order valence-corrected chi connectivity index (χ4v) is 3.46. The molecule has 0 aromatic carbocycles. The van der Waals surface area contributed by atoms with Crippen molar-refractivity contribution >= 4 is 21.9 Å². The molecule has 1 amide bonds. The second kappa shape index (κ2) is 5.25. The molecule has 20 heavy (non-hydrogen) atoms. The zero-order chi connectivity index (χ0) is 14.9. The van der Waals surface area contributed by atoms with Crippen LogP contribution < -0.4 is 5.73 Å². The van der Waals surface area contributed by atoms with Crippen molar-refractivity contribution < 1.29 is 27.5 Å². The maximum absolute atomic E-state index is 12.2. The molecule has 3 N–H and O–H groups in total. The van der Waals surface area contributed by atoms with Crippen LogP contribution in [0.2, 0.25) is 0 Å². The van der Waals surface area contributed by atoms with Crippen molar-refractivity contribution in [2.75, 3.05) is 13.1 Å². The lowest BCUT2D eigenvalue weighted by molar-refractivity contribution is -0.122. The molecule has 1 saturated heterocycles. The zero-order valence-electron chi connectivity index (χ0n) is 10.5. The Morgan fingerprint density at radius 3 is 2.35 bits per heavy atom. The SMILES string of the molecule is NC(=O)C1CCN(S(=O)(=O)c2ccc(C(=O)O)o2)CC1. The van der Waals surface area contributed by atoms with Gasteiger partial charge >= 0.3 is 5.97 Å². The summed E-state index contributed by atoms with van der Waals surface area (Å²) in [6.45, 7) is 0.304. The number of hydrogen-bond acceptors (Lipinski definition) is 5. The van der Waals surface area contributed by atoms with Gasteiger partial charge in [0.2, 0.25) is 16.8 Å². The van der Waals surface area contributed by atoms with Crippen molar-refractivity contribution in [3.05, 3.63) is 17.9 Å². The number of sulfonamides is 1. The predicted octanol–water partition coefficient (Wildman–Crippen LogP) is -0.136. The van der Waals surface area contributed by atoms with Gasteiger partial charge in [-0.1, -0.05) is 0 Å². The average molecular weight is 302 g/mol. The second-order valence-electron chi connectivity index (χ2n) is 4.50. The molecule has 0 bridgehead atoms. The third kappa shape index (κ3) is 2.68. The normalized spacial score (nSPS) is 18.0. The number of carboxylic acid groups (broad SMARTS) is 1. The monoisotopic (exact) mass is 302 g/mol. The van der Waals surface area contributed by atoms with E-state index < -0.39 is 32.8 Å². The van der Waals surface area contributed by atoms with E-state index >= 15 is 0 Å². The third-order valence-electron chi connectivity index (χ3n) is 3.24. The number of nitrogens with zero attached hydrogens (tertiary/aromatic N) is 1. The summed E-state index contributed by atoms with van der Waals surface area (Å²) in [6.07, 6.45) is 0.697. The molecule has 2 heterocycles. The van der Waals surface area contributed by atoms with Crippen LogP contribution in [-0.4, -0.2) is 42.8 Å². The van der Waals surface area contributed by atoms with Crippen LogP contribution in [0.3, 0.4) is 0 Å². The molecule has 1 fully saturated rings. The van der Waals surface area contributed by atoms with Gasteiger partial charge in [0, 0.05) is 19.0 Å². The molecular formula is C11H14N2O6S. The van der Waals surface area contributed by atoms with Gasteiger partial charge in [-0.05, 0) is 25.0 Å². The zero-order valence-corrected chi connectivity index (χ0v) is 11.3. The molecule has 0 aliphatic carbocycles. The summed E-state index contributed by atoms with van der Waals surface area (Å²) >= 11 is 0. The van der Waals surface area contributed by atoms with Gasteiger partial charge in [0.05, 0.1) is 0 Å². The Balaban J connectivity index is 2.15. The van der Waals surface area contributed by atoms with E-state index in [0.717, 1.165) is 16.4 Å². The van der Waals surface area contributed by atoms with Gasteiger partial charge in [-0.15, -0.1) is 0 Å². The number of piperidine rings is 1. The van der Waals surface area contributed by atoms with Crippen LogP contribution in [0.4, 0.5) is 0 Å². The van der Waals surface area contributed by atoms with Crippen molar-refractivity contribution in [1.29, 1.82) is 0 Å². The van der Waals surface area contributed by atoms with Crippen LogP contribution >= 0.6 is 0 Å². The van der Waals surface area contributed by atoms with Gasteiger partial charge in [0.15, 0.2) is 0 Å². The molecule has 2 rings (SSSR count). The van der Waals surface area contributed by atoms with Crippen molar-refractivity contribution in [2.24, 2.45) is 11.7 Å². The maximum atomic E-state index is 12.2.